The average molecular weight is 250 g/mol. The number of hydrogen-bond acceptors (Lipinski definition) is 4. The Bertz CT molecular complexity index is 341. The van der Waals surface area contributed by atoms with E-state index in [-0.39, 0.29) is 5.75 Å². The zero-order chi connectivity index (χ0) is 12.2. The number of nitrogens with zero attached hydrogens (tertiary/aromatic N) is 2. The van der Waals surface area contributed by atoms with Gasteiger partial charge < -0.3 is 9.64 Å². The van der Waals surface area contributed by atoms with E-state index in [1.54, 1.807) is 6.92 Å². The Balaban J connectivity index is 2.63. The molecule has 6 nitrogen and oxygen atoms in total. The second-order valence-electron chi connectivity index (χ2n) is 3.61. The molecule has 1 rings (SSSR count). The molecule has 16 heavy (non-hydrogen) atoms. The average Bonchev–Trinajstić information content (AvgIpc) is 2.53. The first-order valence-electron chi connectivity index (χ1n) is 5.32. The van der Waals surface area contributed by atoms with Crippen LogP contribution < -0.4 is 0 Å². The number of amides is 1. The minimum Gasteiger partial charge on any atom is -0.453 e. The molecule has 1 heterocycles. The van der Waals surface area contributed by atoms with Crippen molar-refractivity contribution in [3.63, 3.8) is 0 Å². The van der Waals surface area contributed by atoms with Crippen LogP contribution in [0.1, 0.15) is 13.3 Å². The van der Waals surface area contributed by atoms with Gasteiger partial charge in [-0.1, -0.05) is 0 Å². The number of hydrogen-bond donors (Lipinski definition) is 0. The summed E-state index contributed by atoms with van der Waals surface area (Å²) in [4.78, 5) is 12.8. The summed E-state index contributed by atoms with van der Waals surface area (Å²) in [6.07, 6.45) is 0.254. The highest BCUT2D eigenvalue weighted by Gasteiger charge is 2.25. The molecule has 0 aromatic carbocycles. The first kappa shape index (κ1) is 13.2. The fourth-order valence-corrected chi connectivity index (χ4v) is 2.80. The quantitative estimate of drug-likeness (QED) is 0.697. The summed E-state index contributed by atoms with van der Waals surface area (Å²) in [5, 5.41) is 0. The van der Waals surface area contributed by atoms with Gasteiger partial charge in [-0.2, -0.15) is 0 Å². The van der Waals surface area contributed by atoms with Crippen LogP contribution in [0.2, 0.25) is 0 Å². The van der Waals surface area contributed by atoms with Crippen molar-refractivity contribution in [1.82, 2.24) is 9.21 Å². The lowest BCUT2D eigenvalue weighted by molar-refractivity contribution is 0.126. The van der Waals surface area contributed by atoms with Crippen molar-refractivity contribution in [2.75, 3.05) is 39.0 Å². The summed E-state index contributed by atoms with van der Waals surface area (Å²) in [6.45, 7) is 3.39. The Labute approximate surface area is 96.2 Å². The van der Waals surface area contributed by atoms with Gasteiger partial charge in [0.05, 0.1) is 12.9 Å². The van der Waals surface area contributed by atoms with E-state index in [0.717, 1.165) is 0 Å². The van der Waals surface area contributed by atoms with Crippen molar-refractivity contribution < 1.29 is 17.9 Å². The number of rotatable bonds is 2. The summed E-state index contributed by atoms with van der Waals surface area (Å²) in [5.74, 6) is 0.102. The van der Waals surface area contributed by atoms with Gasteiger partial charge in [-0.15, -0.1) is 0 Å². The van der Waals surface area contributed by atoms with Crippen LogP contribution in [0.25, 0.3) is 0 Å². The summed E-state index contributed by atoms with van der Waals surface area (Å²) in [7, 11) is -1.82. The molecular weight excluding hydrogens is 232 g/mol. The molecule has 0 atom stereocenters. The molecule has 94 valence electrons. The van der Waals surface area contributed by atoms with E-state index in [0.29, 0.717) is 32.6 Å². The normalized spacial score (nSPS) is 19.2. The largest absolute Gasteiger partial charge is 0.453 e. The maximum atomic E-state index is 11.6. The number of carbonyl (C=O) groups is 1. The molecule has 0 bridgehead atoms. The van der Waals surface area contributed by atoms with E-state index in [9.17, 15) is 13.2 Å². The second-order valence-corrected chi connectivity index (χ2v) is 5.87. The van der Waals surface area contributed by atoms with Gasteiger partial charge in [-0.05, 0) is 13.3 Å². The lowest BCUT2D eigenvalue weighted by Gasteiger charge is -2.20. The van der Waals surface area contributed by atoms with Crippen molar-refractivity contribution in [1.29, 1.82) is 0 Å². The predicted octanol–water partition coefficient (Wildman–Crippen LogP) is 0.110. The zero-order valence-corrected chi connectivity index (χ0v) is 10.5. The first-order chi connectivity index (χ1) is 7.51. The van der Waals surface area contributed by atoms with Crippen LogP contribution in [-0.4, -0.2) is 62.8 Å². The van der Waals surface area contributed by atoms with Crippen LogP contribution in [0.4, 0.5) is 4.79 Å². The van der Waals surface area contributed by atoms with E-state index in [1.165, 1.54) is 16.3 Å². The summed E-state index contributed by atoms with van der Waals surface area (Å²) < 4.78 is 29.3. The molecule has 0 spiro atoms. The molecule has 1 saturated heterocycles. The third-order valence-electron chi connectivity index (χ3n) is 2.65. The molecule has 0 radical (unpaired) electrons. The molecule has 1 amide bonds. The Morgan fingerprint density at radius 1 is 1.25 bits per heavy atom. The lowest BCUT2D eigenvalue weighted by atomic mass is 10.4. The topological polar surface area (TPSA) is 66.9 Å². The molecule has 0 aromatic rings. The Hall–Kier alpha value is -0.820. The molecule has 1 fully saturated rings. The maximum Gasteiger partial charge on any atom is 0.409 e. The number of methoxy groups -OCH3 is 1. The maximum absolute atomic E-state index is 11.6. The van der Waals surface area contributed by atoms with Crippen LogP contribution in [0, 0.1) is 0 Å². The SMILES string of the molecule is CCS(=O)(=O)N1CCCN(C(=O)OC)CC1. The van der Waals surface area contributed by atoms with Crippen molar-refractivity contribution in [3.8, 4) is 0 Å². The highest BCUT2D eigenvalue weighted by molar-refractivity contribution is 7.89. The molecule has 0 aromatic heterocycles. The first-order valence-corrected chi connectivity index (χ1v) is 6.93. The molecule has 0 aliphatic carbocycles. The Kier molecular flexibility index (Phi) is 4.55. The van der Waals surface area contributed by atoms with Gasteiger partial charge in [0.2, 0.25) is 10.0 Å². The van der Waals surface area contributed by atoms with Crippen LogP contribution in [-0.2, 0) is 14.8 Å². The van der Waals surface area contributed by atoms with Gasteiger partial charge in [-0.3, -0.25) is 0 Å². The predicted molar refractivity (Wildman–Crippen MR) is 59.6 cm³/mol. The van der Waals surface area contributed by atoms with Gasteiger partial charge in [-0.25, -0.2) is 17.5 Å². The molecule has 0 unspecified atom stereocenters. The molecule has 0 saturated carbocycles. The van der Waals surface area contributed by atoms with Gasteiger partial charge in [0.1, 0.15) is 0 Å². The van der Waals surface area contributed by atoms with Crippen LogP contribution in [0.15, 0.2) is 0 Å². The molecular formula is C9H18N2O4S. The van der Waals surface area contributed by atoms with Crippen LogP contribution >= 0.6 is 0 Å². The fraction of sp³-hybridized carbons (Fsp3) is 0.889. The van der Waals surface area contributed by atoms with E-state index >= 15 is 0 Å². The standard InChI is InChI=1S/C9H18N2O4S/c1-3-16(13,14)11-6-4-5-10(7-8-11)9(12)15-2/h3-8H2,1-2H3. The molecule has 7 heteroatoms. The van der Waals surface area contributed by atoms with E-state index in [2.05, 4.69) is 4.74 Å². The van der Waals surface area contributed by atoms with Crippen molar-refractivity contribution in [3.05, 3.63) is 0 Å². The van der Waals surface area contributed by atoms with Crippen molar-refractivity contribution >= 4 is 16.1 Å². The third kappa shape index (κ3) is 3.08. The third-order valence-corrected chi connectivity index (χ3v) is 4.53. The van der Waals surface area contributed by atoms with Crippen LogP contribution in [0.5, 0.6) is 0 Å². The van der Waals surface area contributed by atoms with Crippen molar-refractivity contribution in [2.24, 2.45) is 0 Å². The zero-order valence-electron chi connectivity index (χ0n) is 9.68. The van der Waals surface area contributed by atoms with Gasteiger partial charge in [0.25, 0.3) is 0 Å². The highest BCUT2D eigenvalue weighted by Crippen LogP contribution is 2.09. The minimum atomic E-state index is -3.15. The van der Waals surface area contributed by atoms with Crippen LogP contribution in [0.3, 0.4) is 0 Å². The van der Waals surface area contributed by atoms with Gasteiger partial charge in [0, 0.05) is 26.2 Å². The second kappa shape index (κ2) is 5.49. The Morgan fingerprint density at radius 2 is 1.94 bits per heavy atom. The fourth-order valence-electron chi connectivity index (χ4n) is 1.67. The number of sulfonamides is 1. The molecule has 0 N–H and O–H groups in total. The van der Waals surface area contributed by atoms with E-state index in [4.69, 9.17) is 0 Å². The molecule has 1 aliphatic heterocycles. The van der Waals surface area contributed by atoms with E-state index in [1.807, 2.05) is 0 Å². The van der Waals surface area contributed by atoms with Gasteiger partial charge in [0.15, 0.2) is 0 Å². The lowest BCUT2D eigenvalue weighted by Crippen LogP contribution is -2.37. The van der Waals surface area contributed by atoms with Gasteiger partial charge >= 0.3 is 6.09 Å². The summed E-state index contributed by atoms with van der Waals surface area (Å²) >= 11 is 0. The number of ether oxygens (including phenoxy) is 1. The molecule has 1 aliphatic rings. The Morgan fingerprint density at radius 3 is 2.50 bits per heavy atom. The van der Waals surface area contributed by atoms with Crippen molar-refractivity contribution in [2.45, 2.75) is 13.3 Å². The smallest absolute Gasteiger partial charge is 0.409 e. The summed E-state index contributed by atoms with van der Waals surface area (Å²) in [5.41, 5.74) is 0. The minimum absolute atomic E-state index is 0.102. The van der Waals surface area contributed by atoms with E-state index < -0.39 is 16.1 Å². The number of carbonyl (C=O) groups excluding carboxylic acids is 1. The monoisotopic (exact) mass is 250 g/mol. The highest BCUT2D eigenvalue weighted by atomic mass is 32.2. The summed E-state index contributed by atoms with van der Waals surface area (Å²) in [6, 6.07) is 0.